The third kappa shape index (κ3) is 103. The van der Waals surface area contributed by atoms with Gasteiger partial charge in [0.15, 0.2) is 0 Å². The van der Waals surface area contributed by atoms with Crippen LogP contribution in [0.25, 0.3) is 0 Å². The number of likely N-dealkylation sites (N-methyl/N-ethyl adjacent to an activating group) is 1. The van der Waals surface area contributed by atoms with Crippen molar-refractivity contribution < 1.29 is 134 Å². The predicted octanol–water partition coefficient (Wildman–Crippen LogP) is 9.79. The molecule has 0 saturated heterocycles. The van der Waals surface area contributed by atoms with E-state index in [1.165, 1.54) is 0 Å². The molecule has 3 unspecified atom stereocenters. The van der Waals surface area contributed by atoms with Crippen LogP contribution in [0.15, 0.2) is 0 Å². The molecule has 0 saturated carbocycles. The zero-order chi connectivity index (χ0) is 84.4. The third-order valence-electron chi connectivity index (χ3n) is 15.5. The van der Waals surface area contributed by atoms with E-state index in [1.807, 2.05) is 14.1 Å². The molecular formula is C81H165N3O28. The maximum Gasteiger partial charge on any atom is 0.407 e. The number of rotatable bonds is 78. The topological polar surface area (TPSA) is 361 Å². The van der Waals surface area contributed by atoms with Gasteiger partial charge >= 0.3 is 24.0 Å². The molecule has 0 aromatic heterocycles. The molecule has 672 valence electrons. The Balaban J connectivity index is -0.000000745. The largest absolute Gasteiger partial charge is 0.480 e. The first kappa shape index (κ1) is 115. The first-order chi connectivity index (χ1) is 53.4. The van der Waals surface area contributed by atoms with Crippen LogP contribution in [0.1, 0.15) is 180 Å². The van der Waals surface area contributed by atoms with Crippen molar-refractivity contribution in [3.8, 4) is 0 Å². The average molecular weight is 1630 g/mol. The van der Waals surface area contributed by atoms with Gasteiger partial charge in [-0.3, -0.25) is 14.5 Å². The number of amides is 1. The van der Waals surface area contributed by atoms with Gasteiger partial charge in [0.25, 0.3) is 0 Å². The molecule has 0 fully saturated rings. The fraction of sp³-hybridized carbons (Fsp3) is 0.951. The van der Waals surface area contributed by atoms with Gasteiger partial charge < -0.3 is 126 Å². The number of carbonyl (C=O) groups is 4. The number of nitrogens with zero attached hydrogens (tertiary/aromatic N) is 1. The number of carboxylic acid groups (broad SMARTS) is 3. The van der Waals surface area contributed by atoms with Gasteiger partial charge in [0, 0.05) is 26.9 Å². The number of carbonyl (C=O) groups excluding carboxylic acids is 1. The van der Waals surface area contributed by atoms with Crippen LogP contribution < -0.4 is 10.6 Å². The highest BCUT2D eigenvalue weighted by atomic mass is 16.6. The first-order valence-electron chi connectivity index (χ1n) is 40.9. The fourth-order valence-electron chi connectivity index (χ4n) is 9.19. The van der Waals surface area contributed by atoms with E-state index in [2.05, 4.69) is 101 Å². The number of ether oxygens (including phenoxy) is 20. The Morgan fingerprint density at radius 1 is 0.312 bits per heavy atom. The number of aliphatic hydroxyl groups excluding tert-OH is 1. The number of aliphatic carboxylic acids is 3. The van der Waals surface area contributed by atoms with E-state index in [1.54, 1.807) is 12.0 Å². The van der Waals surface area contributed by atoms with Crippen molar-refractivity contribution in [1.82, 2.24) is 15.5 Å². The Morgan fingerprint density at radius 2 is 0.571 bits per heavy atom. The maximum absolute atomic E-state index is 11.8. The van der Waals surface area contributed by atoms with Gasteiger partial charge in [0.05, 0.1) is 238 Å². The normalized spacial score (nSPS) is 12.7. The molecule has 0 aromatic rings. The molecule has 0 radical (unpaired) electrons. The lowest BCUT2D eigenvalue weighted by molar-refractivity contribution is -0.143. The zero-order valence-electron chi connectivity index (χ0n) is 72.9. The van der Waals surface area contributed by atoms with Crippen LogP contribution >= 0.6 is 0 Å². The smallest absolute Gasteiger partial charge is 0.407 e. The van der Waals surface area contributed by atoms with Gasteiger partial charge in [-0.2, -0.15) is 0 Å². The number of alkyl carbamates (subject to hydrolysis) is 1. The Kier molecular flexibility index (Phi) is 86.6. The standard InChI is InChI=1S/C29H60O11.C26H51NO11.C14H29NO4.C12H25NO2/c1-5-7-30-9-11-32-13-15-34-17-19-36-21-23-38-25-27-40-28-26-39-24-22-37-20-18-35-16-14-33-12-10-31-8-6-29(2,3)4;1-26(2,3)8-6-5-7-23(24(28)29)27-25(30)38-22-21-37-20-19-36-18-17-35-16-15-34-14-13-33-12-11-32-10-9-31-4;1-14(2,3)7-5-4-6-12(13(17)18)15-8-10-19-11-9-16;1-12(2,3)9-7-6-8-10(11(14)15)13(4)5/h5-28H2,1-4H3;23H,5-22H2,1-4H3,(H,27,30)(H,28,29);12,15-16H,4-11H2,1-3H3,(H,17,18);10H,6-9H2,1-5H3,(H,14,15). The minimum Gasteiger partial charge on any atom is -0.480 e. The number of methoxy groups -OCH3 is 1. The lowest BCUT2D eigenvalue weighted by Gasteiger charge is -2.21. The summed E-state index contributed by atoms with van der Waals surface area (Å²) >= 11 is 0. The molecule has 1 amide bonds. The number of hydrogen-bond acceptors (Lipinski definition) is 27. The zero-order valence-corrected chi connectivity index (χ0v) is 72.9. The van der Waals surface area contributed by atoms with E-state index in [0.29, 0.717) is 260 Å². The summed E-state index contributed by atoms with van der Waals surface area (Å²) in [6, 6.07) is -1.79. The highest BCUT2D eigenvalue weighted by Gasteiger charge is 2.23. The molecule has 0 spiro atoms. The van der Waals surface area contributed by atoms with Crippen LogP contribution in [0.5, 0.6) is 0 Å². The van der Waals surface area contributed by atoms with E-state index >= 15 is 0 Å². The second-order valence-electron chi connectivity index (χ2n) is 31.3. The van der Waals surface area contributed by atoms with Crippen molar-refractivity contribution >= 4 is 24.0 Å². The van der Waals surface area contributed by atoms with Crippen molar-refractivity contribution in [3.63, 3.8) is 0 Å². The number of aliphatic hydroxyl groups is 1. The molecule has 0 rings (SSSR count). The summed E-state index contributed by atoms with van der Waals surface area (Å²) in [5.74, 6) is -2.59. The highest BCUT2D eigenvalue weighted by Crippen LogP contribution is 2.25. The maximum atomic E-state index is 11.8. The molecular weight excluding hydrogens is 1460 g/mol. The van der Waals surface area contributed by atoms with E-state index in [0.717, 1.165) is 90.3 Å². The van der Waals surface area contributed by atoms with Crippen molar-refractivity contribution in [3.05, 3.63) is 0 Å². The van der Waals surface area contributed by atoms with Gasteiger partial charge in [0.2, 0.25) is 0 Å². The average Bonchev–Trinajstić information content (AvgIpc) is 0.790. The minimum absolute atomic E-state index is 0.00480. The van der Waals surface area contributed by atoms with Crippen molar-refractivity contribution in [2.75, 3.05) is 285 Å². The quantitative estimate of drug-likeness (QED) is 0.0308. The van der Waals surface area contributed by atoms with Crippen LogP contribution in [0.4, 0.5) is 4.79 Å². The monoisotopic (exact) mass is 1630 g/mol. The Bertz CT molecular complexity index is 1980. The summed E-state index contributed by atoms with van der Waals surface area (Å²) in [5, 5.41) is 41.2. The number of unbranched alkanes of at least 4 members (excludes halogenated alkanes) is 3. The summed E-state index contributed by atoms with van der Waals surface area (Å²) in [6.45, 7) is 48.2. The Morgan fingerprint density at radius 3 is 0.830 bits per heavy atom. The molecule has 112 heavy (non-hydrogen) atoms. The molecule has 0 aromatic carbocycles. The SMILES string of the molecule is CC(C)(C)CCCCC(NCCOCCO)C(=O)O.CCCOCCOCCOCCOCCOCCOCCOCCOCCOCCOCCOCCC(C)(C)C.CN(C)C(CCCCC(C)(C)C)C(=O)O.COCCOCCOCCOCCOCCOCCOCCOC(=O)NC(CCCCC(C)(C)C)C(=O)O. The summed E-state index contributed by atoms with van der Waals surface area (Å²) in [7, 11) is 5.28. The lowest BCUT2D eigenvalue weighted by Crippen LogP contribution is -2.41. The molecule has 0 aliphatic rings. The Labute approximate surface area is 676 Å². The van der Waals surface area contributed by atoms with Gasteiger partial charge in [-0.15, -0.1) is 0 Å². The minimum atomic E-state index is -1.07. The second kappa shape index (κ2) is 84.3. The van der Waals surface area contributed by atoms with Gasteiger partial charge in [0.1, 0.15) is 24.7 Å². The number of hydrogen-bond donors (Lipinski definition) is 6. The van der Waals surface area contributed by atoms with Crippen LogP contribution in [0.2, 0.25) is 0 Å². The molecule has 0 heterocycles. The van der Waals surface area contributed by atoms with Crippen LogP contribution in [0, 0.1) is 21.7 Å². The van der Waals surface area contributed by atoms with E-state index in [4.69, 9.17) is 110 Å². The Hall–Kier alpha value is -3.20. The molecule has 0 aliphatic heterocycles. The third-order valence-corrected chi connectivity index (χ3v) is 15.5. The van der Waals surface area contributed by atoms with Crippen LogP contribution in [-0.4, -0.2) is 353 Å². The van der Waals surface area contributed by atoms with Crippen molar-refractivity contribution in [1.29, 1.82) is 0 Å². The summed E-state index contributed by atoms with van der Waals surface area (Å²) < 4.78 is 107. The van der Waals surface area contributed by atoms with Crippen LogP contribution in [0.3, 0.4) is 0 Å². The molecule has 3 atom stereocenters. The van der Waals surface area contributed by atoms with Gasteiger partial charge in [-0.1, -0.05) is 129 Å². The fourth-order valence-corrected chi connectivity index (χ4v) is 9.19. The molecule has 31 nitrogen and oxygen atoms in total. The summed E-state index contributed by atoms with van der Waals surface area (Å²) in [4.78, 5) is 46.9. The predicted molar refractivity (Wildman–Crippen MR) is 432 cm³/mol. The molecule has 0 bridgehead atoms. The summed E-state index contributed by atoms with van der Waals surface area (Å²) in [6.07, 6.45) is 12.0. The van der Waals surface area contributed by atoms with E-state index < -0.39 is 36.1 Å². The lowest BCUT2D eigenvalue weighted by atomic mass is 9.89. The van der Waals surface area contributed by atoms with Gasteiger partial charge in [-0.05, 0) is 87.1 Å². The second-order valence-corrected chi connectivity index (χ2v) is 31.3. The molecule has 6 N–H and O–H groups in total. The number of carboxylic acids is 3. The van der Waals surface area contributed by atoms with Crippen LogP contribution in [-0.2, 0) is 109 Å². The first-order valence-corrected chi connectivity index (χ1v) is 40.9. The molecule has 31 heteroatoms. The summed E-state index contributed by atoms with van der Waals surface area (Å²) in [5.41, 5.74) is 1.18. The number of nitrogens with one attached hydrogen (secondary N) is 2. The van der Waals surface area contributed by atoms with Gasteiger partial charge in [-0.25, -0.2) is 9.59 Å². The van der Waals surface area contributed by atoms with E-state index in [9.17, 15) is 24.3 Å². The van der Waals surface area contributed by atoms with Crippen molar-refractivity contribution in [2.24, 2.45) is 21.7 Å². The molecule has 0 aliphatic carbocycles. The van der Waals surface area contributed by atoms with Crippen molar-refractivity contribution in [2.45, 2.75) is 198 Å². The highest BCUT2D eigenvalue weighted by molar-refractivity contribution is 5.79. The van der Waals surface area contributed by atoms with E-state index in [-0.39, 0.29) is 31.3 Å².